The molecule has 6 nitrogen and oxygen atoms in total. The summed E-state index contributed by atoms with van der Waals surface area (Å²) in [6.07, 6.45) is 1.83. The van der Waals surface area contributed by atoms with E-state index in [1.54, 1.807) is 7.11 Å². The van der Waals surface area contributed by atoms with Crippen molar-refractivity contribution >= 4 is 17.4 Å². The summed E-state index contributed by atoms with van der Waals surface area (Å²) < 4.78 is 9.32. The second kappa shape index (κ2) is 6.60. The number of carbonyl (C=O) groups is 1. The molecule has 0 aliphatic carbocycles. The third-order valence-electron chi connectivity index (χ3n) is 3.79. The highest BCUT2D eigenvalue weighted by Gasteiger charge is 2.33. The Morgan fingerprint density at radius 1 is 1.60 bits per heavy atom. The Bertz CT molecular complexity index is 463. The largest absolute Gasteiger partial charge is 0.381 e. The molecule has 1 aliphatic heterocycles. The number of nitrogens with zero attached hydrogens (tertiary/aromatic N) is 3. The van der Waals surface area contributed by atoms with E-state index in [1.807, 2.05) is 18.7 Å². The van der Waals surface area contributed by atoms with Crippen LogP contribution in [0.2, 0.25) is 0 Å². The maximum atomic E-state index is 12.7. The Balaban J connectivity index is 2.17. The molecule has 0 radical (unpaired) electrons. The Labute approximate surface area is 123 Å². The molecule has 0 bridgehead atoms. The molecule has 0 aromatic carbocycles. The first-order chi connectivity index (χ1) is 9.58. The standard InChI is InChI=1S/C13H22N4O2S/c1-8(2)11-12(20-16-15-11)13(18)17-5-4-10(19-3)6-9(17)7-14/h8-10H,4-7,14H2,1-3H3. The van der Waals surface area contributed by atoms with Crippen LogP contribution in [0.15, 0.2) is 0 Å². The van der Waals surface area contributed by atoms with E-state index in [4.69, 9.17) is 10.5 Å². The number of piperidine rings is 1. The summed E-state index contributed by atoms with van der Waals surface area (Å²) >= 11 is 1.17. The van der Waals surface area contributed by atoms with Crippen molar-refractivity contribution in [3.05, 3.63) is 10.6 Å². The topological polar surface area (TPSA) is 81.3 Å². The lowest BCUT2D eigenvalue weighted by Crippen LogP contribution is -2.51. The van der Waals surface area contributed by atoms with E-state index in [2.05, 4.69) is 9.59 Å². The van der Waals surface area contributed by atoms with Crippen molar-refractivity contribution in [2.75, 3.05) is 20.2 Å². The molecule has 1 aromatic heterocycles. The molecule has 1 amide bonds. The Kier molecular flexibility index (Phi) is 5.06. The quantitative estimate of drug-likeness (QED) is 0.904. The third-order valence-corrected chi connectivity index (χ3v) is 4.52. The van der Waals surface area contributed by atoms with Crippen LogP contribution in [0.1, 0.15) is 48.0 Å². The van der Waals surface area contributed by atoms with Crippen LogP contribution >= 0.6 is 11.5 Å². The van der Waals surface area contributed by atoms with E-state index < -0.39 is 0 Å². The van der Waals surface area contributed by atoms with Crippen molar-refractivity contribution in [2.45, 2.75) is 44.8 Å². The minimum atomic E-state index is 0.00806. The SMILES string of the molecule is COC1CCN(C(=O)c2snnc2C(C)C)C(CN)C1. The summed E-state index contributed by atoms with van der Waals surface area (Å²) in [5.74, 6) is 0.203. The van der Waals surface area contributed by atoms with Gasteiger partial charge in [0.1, 0.15) is 4.88 Å². The summed E-state index contributed by atoms with van der Waals surface area (Å²) in [7, 11) is 1.71. The van der Waals surface area contributed by atoms with Gasteiger partial charge in [0.05, 0.1) is 11.8 Å². The molecule has 112 valence electrons. The van der Waals surface area contributed by atoms with Crippen LogP contribution in [0.4, 0.5) is 0 Å². The molecule has 1 saturated heterocycles. The van der Waals surface area contributed by atoms with E-state index in [-0.39, 0.29) is 24.0 Å². The fourth-order valence-corrected chi connectivity index (χ4v) is 3.35. The maximum Gasteiger partial charge on any atom is 0.267 e. The van der Waals surface area contributed by atoms with Crippen LogP contribution in [-0.4, -0.2) is 52.7 Å². The summed E-state index contributed by atoms with van der Waals surface area (Å²) in [4.78, 5) is 15.2. The third kappa shape index (κ3) is 2.99. The van der Waals surface area contributed by atoms with Gasteiger partial charge in [0.2, 0.25) is 0 Å². The van der Waals surface area contributed by atoms with Crippen LogP contribution in [0.5, 0.6) is 0 Å². The fraction of sp³-hybridized carbons (Fsp3) is 0.769. The van der Waals surface area contributed by atoms with Gasteiger partial charge in [0, 0.05) is 26.2 Å². The van der Waals surface area contributed by atoms with Gasteiger partial charge in [-0.2, -0.15) is 0 Å². The second-order valence-electron chi connectivity index (χ2n) is 5.41. The number of hydrogen-bond donors (Lipinski definition) is 1. The van der Waals surface area contributed by atoms with Gasteiger partial charge < -0.3 is 15.4 Å². The molecule has 20 heavy (non-hydrogen) atoms. The number of amides is 1. The van der Waals surface area contributed by atoms with Gasteiger partial charge in [-0.1, -0.05) is 18.3 Å². The lowest BCUT2D eigenvalue weighted by Gasteiger charge is -2.38. The first-order valence-corrected chi connectivity index (χ1v) is 7.71. The van der Waals surface area contributed by atoms with Crippen LogP contribution in [-0.2, 0) is 4.74 Å². The molecule has 2 rings (SSSR count). The van der Waals surface area contributed by atoms with Crippen molar-refractivity contribution in [1.82, 2.24) is 14.5 Å². The van der Waals surface area contributed by atoms with Gasteiger partial charge in [-0.15, -0.1) is 5.10 Å². The van der Waals surface area contributed by atoms with Crippen molar-refractivity contribution in [3.63, 3.8) is 0 Å². The summed E-state index contributed by atoms with van der Waals surface area (Å²) in [6.45, 7) is 5.17. The van der Waals surface area contributed by atoms with E-state index in [9.17, 15) is 4.79 Å². The Hall–Kier alpha value is -1.05. The lowest BCUT2D eigenvalue weighted by molar-refractivity contribution is 0.0140. The summed E-state index contributed by atoms with van der Waals surface area (Å²) in [6, 6.07) is 0.0308. The van der Waals surface area contributed by atoms with Crippen LogP contribution in [0.3, 0.4) is 0 Å². The van der Waals surface area contributed by atoms with E-state index >= 15 is 0 Å². The average molecular weight is 298 g/mol. The molecule has 1 aromatic rings. The average Bonchev–Trinajstić information content (AvgIpc) is 2.95. The highest BCUT2D eigenvalue weighted by atomic mass is 32.1. The zero-order valence-electron chi connectivity index (χ0n) is 12.2. The van der Waals surface area contributed by atoms with Crippen molar-refractivity contribution in [1.29, 1.82) is 0 Å². The van der Waals surface area contributed by atoms with Gasteiger partial charge in [-0.05, 0) is 30.3 Å². The molecule has 1 fully saturated rings. The van der Waals surface area contributed by atoms with Crippen molar-refractivity contribution in [3.8, 4) is 0 Å². The highest BCUT2D eigenvalue weighted by Crippen LogP contribution is 2.26. The lowest BCUT2D eigenvalue weighted by atomic mass is 9.98. The van der Waals surface area contributed by atoms with Gasteiger partial charge >= 0.3 is 0 Å². The molecule has 2 unspecified atom stereocenters. The molecule has 2 heterocycles. The monoisotopic (exact) mass is 298 g/mol. The molecule has 1 aliphatic rings. The first kappa shape index (κ1) is 15.3. The first-order valence-electron chi connectivity index (χ1n) is 6.94. The van der Waals surface area contributed by atoms with Crippen LogP contribution in [0, 0.1) is 0 Å². The fourth-order valence-electron chi connectivity index (χ4n) is 2.57. The molecule has 0 saturated carbocycles. The van der Waals surface area contributed by atoms with Crippen molar-refractivity contribution < 1.29 is 9.53 Å². The second-order valence-corrected chi connectivity index (χ2v) is 6.17. The Morgan fingerprint density at radius 2 is 2.35 bits per heavy atom. The zero-order valence-corrected chi connectivity index (χ0v) is 13.0. The van der Waals surface area contributed by atoms with E-state index in [0.29, 0.717) is 18.0 Å². The summed E-state index contributed by atoms with van der Waals surface area (Å²) in [5.41, 5.74) is 6.60. The molecular formula is C13H22N4O2S. The number of nitrogens with two attached hydrogens (primary N) is 1. The molecule has 2 atom stereocenters. The van der Waals surface area contributed by atoms with Gasteiger partial charge in [0.25, 0.3) is 5.91 Å². The molecular weight excluding hydrogens is 276 g/mol. The number of carbonyl (C=O) groups excluding carboxylic acids is 1. The summed E-state index contributed by atoms with van der Waals surface area (Å²) in [5, 5.41) is 4.08. The number of methoxy groups -OCH3 is 1. The van der Waals surface area contributed by atoms with E-state index in [0.717, 1.165) is 18.5 Å². The van der Waals surface area contributed by atoms with Crippen LogP contribution in [0.25, 0.3) is 0 Å². The van der Waals surface area contributed by atoms with Crippen LogP contribution < -0.4 is 5.73 Å². The highest BCUT2D eigenvalue weighted by molar-refractivity contribution is 7.08. The zero-order chi connectivity index (χ0) is 14.7. The molecule has 2 N–H and O–H groups in total. The minimum absolute atomic E-state index is 0.00806. The van der Waals surface area contributed by atoms with Gasteiger partial charge in [-0.25, -0.2) is 0 Å². The molecule has 0 spiro atoms. The number of aromatic nitrogens is 2. The predicted octanol–water partition coefficient (Wildman–Crippen LogP) is 1.24. The van der Waals surface area contributed by atoms with E-state index in [1.165, 1.54) is 11.5 Å². The molecule has 7 heteroatoms. The van der Waals surface area contributed by atoms with Crippen molar-refractivity contribution in [2.24, 2.45) is 5.73 Å². The number of likely N-dealkylation sites (tertiary alicyclic amines) is 1. The number of hydrogen-bond acceptors (Lipinski definition) is 6. The van der Waals surface area contributed by atoms with Gasteiger partial charge in [0.15, 0.2) is 0 Å². The normalized spacial score (nSPS) is 23.4. The Morgan fingerprint density at radius 3 is 2.95 bits per heavy atom. The maximum absolute atomic E-state index is 12.7. The minimum Gasteiger partial charge on any atom is -0.381 e. The van der Waals surface area contributed by atoms with Gasteiger partial charge in [-0.3, -0.25) is 4.79 Å². The predicted molar refractivity (Wildman–Crippen MR) is 77.9 cm³/mol. The number of rotatable bonds is 4. The number of ether oxygens (including phenoxy) is 1. The smallest absolute Gasteiger partial charge is 0.267 e.